The number of ether oxygens (including phenoxy) is 3. The van der Waals surface area contributed by atoms with Gasteiger partial charge in [0.2, 0.25) is 35.4 Å². The van der Waals surface area contributed by atoms with Crippen molar-refractivity contribution in [3.8, 4) is 0 Å². The van der Waals surface area contributed by atoms with Crippen LogP contribution in [0.3, 0.4) is 0 Å². The molecule has 1 aromatic carbocycles. The number of hydrogen-bond donors (Lipinski definition) is 11. The van der Waals surface area contributed by atoms with E-state index in [1.807, 2.05) is 23.1 Å². The van der Waals surface area contributed by atoms with Crippen molar-refractivity contribution in [2.45, 2.75) is 163 Å². The molecular formula is C67H91N21O13. The molecule has 0 bridgehead atoms. The molecule has 0 spiro atoms. The Morgan fingerprint density at radius 3 is 1.60 bits per heavy atom. The molecule has 34 heteroatoms. The molecule has 0 unspecified atom stereocenters. The summed E-state index contributed by atoms with van der Waals surface area (Å²) >= 11 is 0. The number of aryl methyl sites for hydroxylation is 2. The lowest BCUT2D eigenvalue weighted by atomic mass is 9.91. The summed E-state index contributed by atoms with van der Waals surface area (Å²) in [6, 6.07) is 11.7. The van der Waals surface area contributed by atoms with Crippen molar-refractivity contribution in [2.24, 2.45) is 11.7 Å². The molecule has 0 radical (unpaired) electrons. The van der Waals surface area contributed by atoms with Gasteiger partial charge in [-0.1, -0.05) is 38.1 Å². The Hall–Kier alpha value is -10.9. The number of nitrogen functional groups attached to an aromatic ring is 2. The van der Waals surface area contributed by atoms with Crippen LogP contribution in [-0.4, -0.2) is 177 Å². The standard InChI is InChI=1S/C43H59N13O9.C24H32N8O4/c1-25(2)35(53-34(58)16-19-64-20-18-46-27(4)57)40(60)52-33(9-6-17-47-41(45)61)39(59)51-30-13-10-28(11-14-30)24-65-43(63)55(32-7-5-8-32)22-29-12-15-31(48-21-29)23-56-38-36(54-42(56)62)37(44)49-26(3)50-38;1-15-28-22(25)21-23(29-15)32(24(35)30-21)14-18-7-6-17(12-27-18)13-31(19-4-3-5-19)20(34)8-10-36-11-9-26-16(2)33/h10-15,21,25,32-33,35H,5-9,16-20,22-24H2,1-4H3,(H,46,57)(H,51,59)(H,52,60)(H,53,58)(H,54,62)(H2,44,49,50)(H3,45,47,61);6-7,12,19H,3-5,8-11,13-14H2,1-2H3,(H,26,33)(H,30,35)(H2,25,28,29)/t33-,35-;/m0./s1. The zero-order valence-electron chi connectivity index (χ0n) is 57.7. The molecule has 101 heavy (non-hydrogen) atoms. The Balaban J connectivity index is 0.000000302. The van der Waals surface area contributed by atoms with Crippen molar-refractivity contribution in [1.82, 2.24) is 85.4 Å². The SMILES string of the molecule is CC(=O)NCCOCCC(=O)N(Cc1ccc(Cn2c(=O)[nH]c3c(N)nc(C)nc32)nc1)C1CCC1.CC(=O)NCCOCCC(=O)N[C@H](C(=O)N[C@@H](CCCNC(N)=O)C(=O)Nc1ccc(COC(=O)N(Cc2ccc(Cn3c(=O)[nH]c4c(N)nc(C)nc43)nc2)C2CCC2)cc1)C(C)C. The number of fused-ring (bicyclic) bond motifs is 2. The van der Waals surface area contributed by atoms with E-state index in [0.717, 1.165) is 49.7 Å². The zero-order valence-corrected chi connectivity index (χ0v) is 57.7. The summed E-state index contributed by atoms with van der Waals surface area (Å²) in [5.74, 6) is -0.765. The predicted molar refractivity (Wildman–Crippen MR) is 372 cm³/mol. The van der Waals surface area contributed by atoms with Crippen LogP contribution in [0.5, 0.6) is 0 Å². The van der Waals surface area contributed by atoms with Gasteiger partial charge in [0.15, 0.2) is 22.9 Å². The number of nitrogens with zero attached hydrogens (tertiary/aromatic N) is 10. The molecule has 7 aromatic rings. The second-order valence-electron chi connectivity index (χ2n) is 25.1. The lowest BCUT2D eigenvalue weighted by Gasteiger charge is -2.37. The minimum Gasteiger partial charge on any atom is -0.445 e. The van der Waals surface area contributed by atoms with Crippen molar-refractivity contribution >= 4 is 87.2 Å². The maximum Gasteiger partial charge on any atom is 0.410 e. The fraction of sp³-hybridized carbons (Fsp3) is 0.493. The molecule has 14 N–H and O–H groups in total. The molecule has 0 saturated heterocycles. The summed E-state index contributed by atoms with van der Waals surface area (Å²) in [6.45, 7) is 12.8. The fourth-order valence-corrected chi connectivity index (χ4v) is 11.0. The van der Waals surface area contributed by atoms with E-state index >= 15 is 0 Å². The van der Waals surface area contributed by atoms with Gasteiger partial charge in [-0.2, -0.15) is 0 Å². The van der Waals surface area contributed by atoms with Crippen LogP contribution in [-0.2, 0) is 75.8 Å². The topological polar surface area (TPSA) is 474 Å². The molecule has 2 atom stereocenters. The number of aromatic amines is 2. The quantitative estimate of drug-likeness (QED) is 0.0258. The predicted octanol–water partition coefficient (Wildman–Crippen LogP) is 2.58. The van der Waals surface area contributed by atoms with Gasteiger partial charge in [-0.15, -0.1) is 0 Å². The van der Waals surface area contributed by atoms with E-state index in [0.29, 0.717) is 95.9 Å². The summed E-state index contributed by atoms with van der Waals surface area (Å²) in [5.41, 5.74) is 22.1. The number of pyridine rings is 2. The molecule has 34 nitrogen and oxygen atoms in total. The number of anilines is 3. The Morgan fingerprint density at radius 1 is 0.624 bits per heavy atom. The number of H-pyrrole nitrogens is 2. The highest BCUT2D eigenvalue weighted by atomic mass is 16.6. The van der Waals surface area contributed by atoms with E-state index in [4.69, 9.17) is 31.4 Å². The van der Waals surface area contributed by atoms with Gasteiger partial charge in [-0.25, -0.2) is 39.1 Å². The van der Waals surface area contributed by atoms with Crippen molar-refractivity contribution < 1.29 is 52.6 Å². The van der Waals surface area contributed by atoms with E-state index in [2.05, 4.69) is 71.8 Å². The summed E-state index contributed by atoms with van der Waals surface area (Å²) in [4.78, 5) is 159. The number of aromatic nitrogens is 10. The first-order valence-corrected chi connectivity index (χ1v) is 33.6. The summed E-state index contributed by atoms with van der Waals surface area (Å²) in [7, 11) is 0. The number of urea groups is 1. The smallest absolute Gasteiger partial charge is 0.410 e. The molecule has 0 aliphatic heterocycles. The van der Waals surface area contributed by atoms with Gasteiger partial charge < -0.3 is 83.1 Å². The van der Waals surface area contributed by atoms with Crippen LogP contribution in [0.1, 0.15) is 132 Å². The van der Waals surface area contributed by atoms with E-state index in [1.165, 1.54) is 23.0 Å². The number of nitrogens with two attached hydrogens (primary N) is 3. The van der Waals surface area contributed by atoms with Gasteiger partial charge in [-0.3, -0.25) is 47.9 Å². The number of primary amides is 1. The average molecular weight is 1400 g/mol. The zero-order chi connectivity index (χ0) is 72.7. The van der Waals surface area contributed by atoms with Crippen molar-refractivity contribution in [1.29, 1.82) is 0 Å². The number of carbonyl (C=O) groups excluding carboxylic acids is 8. The van der Waals surface area contributed by atoms with Crippen LogP contribution in [0, 0.1) is 19.8 Å². The highest BCUT2D eigenvalue weighted by Crippen LogP contribution is 2.29. The van der Waals surface area contributed by atoms with E-state index in [1.54, 1.807) is 75.3 Å². The van der Waals surface area contributed by atoms with Crippen LogP contribution < -0.4 is 60.5 Å². The van der Waals surface area contributed by atoms with Crippen LogP contribution in [0.15, 0.2) is 70.5 Å². The van der Waals surface area contributed by atoms with Crippen LogP contribution in [0.4, 0.5) is 26.9 Å². The fourth-order valence-electron chi connectivity index (χ4n) is 11.0. The number of rotatable bonds is 34. The molecule has 9 rings (SSSR count). The van der Waals surface area contributed by atoms with E-state index < -0.39 is 41.9 Å². The second-order valence-corrected chi connectivity index (χ2v) is 25.1. The number of amides is 9. The Kier molecular flexibility index (Phi) is 27.6. The van der Waals surface area contributed by atoms with E-state index in [9.17, 15) is 47.9 Å². The number of imidazole rings is 2. The van der Waals surface area contributed by atoms with E-state index in [-0.39, 0.29) is 124 Å². The van der Waals surface area contributed by atoms with Gasteiger partial charge >= 0.3 is 23.5 Å². The van der Waals surface area contributed by atoms with Crippen LogP contribution in [0.25, 0.3) is 22.3 Å². The maximum atomic E-state index is 13.6. The van der Waals surface area contributed by atoms with Crippen molar-refractivity contribution in [3.63, 3.8) is 0 Å². The summed E-state index contributed by atoms with van der Waals surface area (Å²) in [6.07, 6.45) is 9.43. The molecule has 6 heterocycles. The lowest BCUT2D eigenvalue weighted by Crippen LogP contribution is -2.54. The number of nitrogens with one attached hydrogen (secondary N) is 8. The largest absolute Gasteiger partial charge is 0.445 e. The summed E-state index contributed by atoms with van der Waals surface area (Å²) in [5, 5.41) is 16.0. The third-order valence-electron chi connectivity index (χ3n) is 16.9. The Labute approximate surface area is 581 Å². The summed E-state index contributed by atoms with van der Waals surface area (Å²) < 4.78 is 19.5. The van der Waals surface area contributed by atoms with Crippen LogP contribution in [0.2, 0.25) is 0 Å². The van der Waals surface area contributed by atoms with Gasteiger partial charge in [0.25, 0.3) is 0 Å². The van der Waals surface area contributed by atoms with Crippen molar-refractivity contribution in [3.05, 3.63) is 122 Å². The van der Waals surface area contributed by atoms with Crippen molar-refractivity contribution in [2.75, 3.05) is 62.8 Å². The Bertz CT molecular complexity index is 4130. The minimum absolute atomic E-state index is 0.0117. The first-order chi connectivity index (χ1) is 48.4. The highest BCUT2D eigenvalue weighted by molar-refractivity contribution is 5.98. The van der Waals surface area contributed by atoms with Crippen LogP contribution >= 0.6 is 0 Å². The van der Waals surface area contributed by atoms with Gasteiger partial charge in [0, 0.05) is 76.6 Å². The molecule has 9 amide bonds. The monoisotopic (exact) mass is 1400 g/mol. The highest BCUT2D eigenvalue weighted by Gasteiger charge is 2.33. The maximum absolute atomic E-state index is 13.6. The molecule has 2 fully saturated rings. The molecular weight excluding hydrogens is 1310 g/mol. The molecule has 2 saturated carbocycles. The Morgan fingerprint density at radius 2 is 1.13 bits per heavy atom. The molecule has 2 aliphatic carbocycles. The number of carbonyl (C=O) groups is 8. The molecule has 2 aliphatic rings. The minimum atomic E-state index is -1.04. The third-order valence-corrected chi connectivity index (χ3v) is 16.9. The first-order valence-electron chi connectivity index (χ1n) is 33.6. The third kappa shape index (κ3) is 22.6. The van der Waals surface area contributed by atoms with Gasteiger partial charge in [0.05, 0.1) is 63.9 Å². The lowest BCUT2D eigenvalue weighted by molar-refractivity contribution is -0.137. The second kappa shape index (κ2) is 36.8. The molecule has 6 aromatic heterocycles. The first kappa shape index (κ1) is 75.9. The van der Waals surface area contributed by atoms with Gasteiger partial charge in [0.1, 0.15) is 41.4 Å². The normalized spacial score (nSPS) is 13.4. The average Bonchev–Trinajstić information content (AvgIpc) is 1.66. The number of hydrogen-bond acceptors (Lipinski definition) is 21. The van der Waals surface area contributed by atoms with Gasteiger partial charge in [-0.05, 0) is 112 Å². The molecule has 542 valence electrons. The number of benzene rings is 1.